The van der Waals surface area contributed by atoms with Crippen LogP contribution in [0.15, 0.2) is 0 Å². The van der Waals surface area contributed by atoms with Crippen molar-refractivity contribution in [2.45, 2.75) is 26.2 Å². The van der Waals surface area contributed by atoms with Crippen LogP contribution in [-0.2, 0) is 4.79 Å². The Morgan fingerprint density at radius 3 is 2.38 bits per heavy atom. The van der Waals surface area contributed by atoms with Gasteiger partial charge in [-0.3, -0.25) is 4.79 Å². The number of likely N-dealkylation sites (tertiary alicyclic amines) is 1. The van der Waals surface area contributed by atoms with Crippen LogP contribution in [0.25, 0.3) is 0 Å². The average Bonchev–Trinajstić information content (AvgIpc) is 2.17. The van der Waals surface area contributed by atoms with Gasteiger partial charge in [0.25, 0.3) is 0 Å². The summed E-state index contributed by atoms with van der Waals surface area (Å²) in [6, 6.07) is 0. The van der Waals surface area contributed by atoms with Crippen molar-refractivity contribution in [2.24, 2.45) is 11.7 Å². The van der Waals surface area contributed by atoms with Gasteiger partial charge in [0.1, 0.15) is 0 Å². The van der Waals surface area contributed by atoms with Crippen molar-refractivity contribution in [3.05, 3.63) is 0 Å². The predicted molar refractivity (Wildman–Crippen MR) is 55.9 cm³/mol. The SMILES string of the molecule is CCC(=O)N1CCC(CN)CC1.Cl. The number of hydrogen-bond donors (Lipinski definition) is 1. The summed E-state index contributed by atoms with van der Waals surface area (Å²) < 4.78 is 0. The zero-order chi connectivity index (χ0) is 8.97. The second-order valence-corrected chi connectivity index (χ2v) is 3.41. The Bertz CT molecular complexity index is 156. The topological polar surface area (TPSA) is 46.3 Å². The standard InChI is InChI=1S/C9H18N2O.ClH/c1-2-9(12)11-5-3-8(7-10)4-6-11;/h8H,2-7,10H2,1H3;1H. The minimum atomic E-state index is 0. The molecule has 1 aliphatic rings. The fourth-order valence-electron chi connectivity index (χ4n) is 1.64. The average molecular weight is 207 g/mol. The van der Waals surface area contributed by atoms with E-state index in [4.69, 9.17) is 5.73 Å². The molecule has 2 N–H and O–H groups in total. The number of nitrogens with zero attached hydrogens (tertiary/aromatic N) is 1. The molecule has 0 saturated carbocycles. The molecule has 0 aromatic heterocycles. The molecule has 13 heavy (non-hydrogen) atoms. The predicted octanol–water partition coefficient (Wildman–Crippen LogP) is 1.02. The minimum absolute atomic E-state index is 0. The van der Waals surface area contributed by atoms with Crippen molar-refractivity contribution < 1.29 is 4.79 Å². The van der Waals surface area contributed by atoms with Gasteiger partial charge in [-0.1, -0.05) is 6.92 Å². The normalized spacial score (nSPS) is 18.2. The fraction of sp³-hybridized carbons (Fsp3) is 0.889. The maximum atomic E-state index is 11.3. The number of carbonyl (C=O) groups is 1. The molecule has 0 aromatic carbocycles. The molecule has 0 unspecified atom stereocenters. The van der Waals surface area contributed by atoms with E-state index in [-0.39, 0.29) is 18.3 Å². The largest absolute Gasteiger partial charge is 0.343 e. The number of carbonyl (C=O) groups excluding carboxylic acids is 1. The van der Waals surface area contributed by atoms with E-state index in [1.807, 2.05) is 11.8 Å². The molecule has 0 spiro atoms. The lowest BCUT2D eigenvalue weighted by Crippen LogP contribution is -2.39. The molecular weight excluding hydrogens is 188 g/mol. The fourth-order valence-corrected chi connectivity index (χ4v) is 1.64. The van der Waals surface area contributed by atoms with Crippen LogP contribution < -0.4 is 5.73 Å². The lowest BCUT2D eigenvalue weighted by atomic mass is 9.97. The summed E-state index contributed by atoms with van der Waals surface area (Å²) in [7, 11) is 0. The molecule has 0 bridgehead atoms. The highest BCUT2D eigenvalue weighted by Gasteiger charge is 2.20. The van der Waals surface area contributed by atoms with E-state index in [9.17, 15) is 4.79 Å². The van der Waals surface area contributed by atoms with E-state index >= 15 is 0 Å². The maximum Gasteiger partial charge on any atom is 0.222 e. The third-order valence-corrected chi connectivity index (χ3v) is 2.60. The van der Waals surface area contributed by atoms with Gasteiger partial charge in [-0.2, -0.15) is 0 Å². The molecule has 3 nitrogen and oxygen atoms in total. The summed E-state index contributed by atoms with van der Waals surface area (Å²) in [6.45, 7) is 4.51. The summed E-state index contributed by atoms with van der Waals surface area (Å²) in [5.74, 6) is 0.927. The first-order valence-electron chi connectivity index (χ1n) is 4.75. The number of nitrogens with two attached hydrogens (primary N) is 1. The monoisotopic (exact) mass is 206 g/mol. The van der Waals surface area contributed by atoms with Gasteiger partial charge in [0.2, 0.25) is 5.91 Å². The van der Waals surface area contributed by atoms with Crippen LogP contribution in [0.5, 0.6) is 0 Å². The molecule has 1 fully saturated rings. The van der Waals surface area contributed by atoms with Crippen LogP contribution in [0.2, 0.25) is 0 Å². The smallest absolute Gasteiger partial charge is 0.222 e. The van der Waals surface area contributed by atoms with E-state index in [1.165, 1.54) is 0 Å². The van der Waals surface area contributed by atoms with Gasteiger partial charge in [0.05, 0.1) is 0 Å². The van der Waals surface area contributed by atoms with Crippen molar-refractivity contribution in [1.29, 1.82) is 0 Å². The molecule has 0 radical (unpaired) electrons. The van der Waals surface area contributed by atoms with Crippen molar-refractivity contribution in [1.82, 2.24) is 4.90 Å². The highest BCUT2D eigenvalue weighted by atomic mass is 35.5. The summed E-state index contributed by atoms with van der Waals surface area (Å²) in [6.07, 6.45) is 2.80. The molecule has 1 saturated heterocycles. The van der Waals surface area contributed by atoms with Gasteiger partial charge in [0.15, 0.2) is 0 Å². The molecule has 1 amide bonds. The van der Waals surface area contributed by atoms with E-state index < -0.39 is 0 Å². The third-order valence-electron chi connectivity index (χ3n) is 2.60. The lowest BCUT2D eigenvalue weighted by molar-refractivity contribution is -0.132. The first-order chi connectivity index (χ1) is 5.77. The highest BCUT2D eigenvalue weighted by molar-refractivity contribution is 5.85. The van der Waals surface area contributed by atoms with Crippen LogP contribution >= 0.6 is 12.4 Å². The second kappa shape index (κ2) is 6.22. The van der Waals surface area contributed by atoms with Crippen molar-refractivity contribution in [3.63, 3.8) is 0 Å². The van der Waals surface area contributed by atoms with E-state index in [0.717, 1.165) is 32.5 Å². The number of rotatable bonds is 2. The van der Waals surface area contributed by atoms with Gasteiger partial charge in [0, 0.05) is 19.5 Å². The Morgan fingerprint density at radius 1 is 1.46 bits per heavy atom. The highest BCUT2D eigenvalue weighted by Crippen LogP contribution is 2.15. The van der Waals surface area contributed by atoms with Crippen LogP contribution in [0.3, 0.4) is 0 Å². The second-order valence-electron chi connectivity index (χ2n) is 3.41. The van der Waals surface area contributed by atoms with Gasteiger partial charge in [-0.25, -0.2) is 0 Å². The molecule has 0 aliphatic carbocycles. The van der Waals surface area contributed by atoms with Gasteiger partial charge >= 0.3 is 0 Å². The number of halogens is 1. The Kier molecular flexibility index (Phi) is 6.08. The van der Waals surface area contributed by atoms with Gasteiger partial charge < -0.3 is 10.6 Å². The first-order valence-corrected chi connectivity index (χ1v) is 4.75. The minimum Gasteiger partial charge on any atom is -0.343 e. The molecule has 1 rings (SSSR count). The van der Waals surface area contributed by atoms with Gasteiger partial charge in [-0.15, -0.1) is 12.4 Å². The van der Waals surface area contributed by atoms with Crippen molar-refractivity contribution in [3.8, 4) is 0 Å². The van der Waals surface area contributed by atoms with Crippen LogP contribution in [0, 0.1) is 5.92 Å². The molecule has 0 aromatic rings. The van der Waals surface area contributed by atoms with Crippen LogP contribution in [-0.4, -0.2) is 30.4 Å². The van der Waals surface area contributed by atoms with Crippen molar-refractivity contribution in [2.75, 3.05) is 19.6 Å². The van der Waals surface area contributed by atoms with Gasteiger partial charge in [-0.05, 0) is 25.3 Å². The van der Waals surface area contributed by atoms with Crippen LogP contribution in [0.4, 0.5) is 0 Å². The zero-order valence-corrected chi connectivity index (χ0v) is 8.98. The quantitative estimate of drug-likeness (QED) is 0.733. The lowest BCUT2D eigenvalue weighted by Gasteiger charge is -2.31. The Balaban J connectivity index is 0.00000144. The first kappa shape index (κ1) is 12.7. The molecule has 0 atom stereocenters. The molecule has 1 heterocycles. The van der Waals surface area contributed by atoms with E-state index in [1.54, 1.807) is 0 Å². The zero-order valence-electron chi connectivity index (χ0n) is 8.16. The number of amides is 1. The number of hydrogen-bond acceptors (Lipinski definition) is 2. The summed E-state index contributed by atoms with van der Waals surface area (Å²) >= 11 is 0. The van der Waals surface area contributed by atoms with E-state index in [0.29, 0.717) is 12.3 Å². The molecule has 1 aliphatic heterocycles. The summed E-state index contributed by atoms with van der Waals surface area (Å²) in [4.78, 5) is 13.2. The third kappa shape index (κ3) is 3.53. The molecule has 78 valence electrons. The van der Waals surface area contributed by atoms with Crippen LogP contribution in [0.1, 0.15) is 26.2 Å². The molecular formula is C9H19ClN2O. The Hall–Kier alpha value is -0.280. The maximum absolute atomic E-state index is 11.3. The molecule has 4 heteroatoms. The van der Waals surface area contributed by atoms with E-state index in [2.05, 4.69) is 0 Å². The summed E-state index contributed by atoms with van der Waals surface area (Å²) in [5, 5.41) is 0. The van der Waals surface area contributed by atoms with Crippen molar-refractivity contribution >= 4 is 18.3 Å². The number of piperidine rings is 1. The summed E-state index contributed by atoms with van der Waals surface area (Å²) in [5.41, 5.74) is 5.55. The Labute approximate surface area is 86.1 Å². The Morgan fingerprint density at radius 2 is 2.00 bits per heavy atom.